The molecule has 10 nitrogen and oxygen atoms in total. The first-order chi connectivity index (χ1) is 7.97. The maximum atomic E-state index is 9.71. The Morgan fingerprint density at radius 1 is 1.22 bits per heavy atom. The Balaban J connectivity index is -0.000000190. The van der Waals surface area contributed by atoms with Crippen LogP contribution in [0.15, 0.2) is 0 Å². The third-order valence-electron chi connectivity index (χ3n) is 0.940. The fourth-order valence-corrected chi connectivity index (χ4v) is 0.447. The summed E-state index contributed by atoms with van der Waals surface area (Å²) in [6.07, 6.45) is 0. The number of carboxylic acids is 2. The van der Waals surface area contributed by atoms with Crippen molar-refractivity contribution in [3.8, 4) is 0 Å². The molecule has 0 rings (SSSR count). The van der Waals surface area contributed by atoms with E-state index in [4.69, 9.17) is 26.2 Å². The van der Waals surface area contributed by atoms with Crippen molar-refractivity contribution < 1.29 is 32.8 Å². The Bertz CT molecular complexity index is 328. The first kappa shape index (κ1) is 22.0. The second-order valence-electron chi connectivity index (χ2n) is 2.80. The van der Waals surface area contributed by atoms with Gasteiger partial charge in [0.05, 0.1) is 12.3 Å². The zero-order chi connectivity index (χ0) is 15.4. The van der Waals surface area contributed by atoms with E-state index in [9.17, 15) is 18.0 Å². The van der Waals surface area contributed by atoms with Crippen molar-refractivity contribution in [1.29, 1.82) is 0 Å². The van der Waals surface area contributed by atoms with Gasteiger partial charge in [0.1, 0.15) is 6.04 Å². The van der Waals surface area contributed by atoms with Gasteiger partial charge in [0, 0.05) is 6.54 Å². The van der Waals surface area contributed by atoms with Crippen molar-refractivity contribution in [2.24, 2.45) is 17.2 Å². The number of rotatable bonds is 4. The van der Waals surface area contributed by atoms with Crippen LogP contribution in [-0.2, 0) is 19.7 Å². The second kappa shape index (κ2) is 12.2. The highest BCUT2D eigenvalue weighted by molar-refractivity contribution is 7.85. The van der Waals surface area contributed by atoms with Gasteiger partial charge in [-0.05, 0) is 6.92 Å². The van der Waals surface area contributed by atoms with Crippen LogP contribution >= 0.6 is 0 Å². The molecule has 0 bridgehead atoms. The van der Waals surface area contributed by atoms with Crippen LogP contribution in [0.25, 0.3) is 0 Å². The minimum Gasteiger partial charge on any atom is -0.480 e. The van der Waals surface area contributed by atoms with E-state index in [1.807, 2.05) is 0 Å². The van der Waals surface area contributed by atoms with Crippen LogP contribution in [0.3, 0.4) is 0 Å². The standard InChI is InChI=1S/C3H7NO2.C2H7NO3S.C2H5NO2/c1-2(4)3(5)6;3-1-2-7(4,5)6;3-1-2(4)5/h2H,4H2,1H3,(H,5,6);1-3H2,(H,4,5,6);1,3H2,(H,4,5)/t2-;;/m0../s1. The topological polar surface area (TPSA) is 207 Å². The molecule has 0 aromatic heterocycles. The van der Waals surface area contributed by atoms with Crippen LogP contribution < -0.4 is 17.2 Å². The van der Waals surface area contributed by atoms with Crippen LogP contribution in [0.4, 0.5) is 0 Å². The number of carbonyl (C=O) groups is 2. The van der Waals surface area contributed by atoms with Crippen LogP contribution in [0.2, 0.25) is 0 Å². The van der Waals surface area contributed by atoms with E-state index in [0.29, 0.717) is 0 Å². The average Bonchev–Trinajstić information content (AvgIpc) is 2.17. The molecule has 0 aliphatic heterocycles. The summed E-state index contributed by atoms with van der Waals surface area (Å²) in [5.74, 6) is -2.28. The lowest BCUT2D eigenvalue weighted by molar-refractivity contribution is -0.138. The number of carboxylic acid groups (broad SMARTS) is 2. The van der Waals surface area contributed by atoms with Gasteiger partial charge in [0.25, 0.3) is 10.1 Å². The summed E-state index contributed by atoms with van der Waals surface area (Å²) in [6, 6.07) is -0.731. The smallest absolute Gasteiger partial charge is 0.320 e. The summed E-state index contributed by atoms with van der Waals surface area (Å²) in [4.78, 5) is 18.8. The molecule has 0 fully saturated rings. The molecule has 0 amide bonds. The third-order valence-corrected chi connectivity index (χ3v) is 1.69. The maximum absolute atomic E-state index is 9.71. The molecule has 1 atom stereocenters. The Morgan fingerprint density at radius 3 is 1.50 bits per heavy atom. The zero-order valence-electron chi connectivity index (χ0n) is 9.81. The van der Waals surface area contributed by atoms with Gasteiger partial charge in [-0.3, -0.25) is 14.1 Å². The molecule has 0 unspecified atom stereocenters. The van der Waals surface area contributed by atoms with Gasteiger partial charge in [0.15, 0.2) is 0 Å². The predicted octanol–water partition coefficient (Wildman–Crippen LogP) is -2.72. The normalized spacial score (nSPS) is 11.2. The molecule has 0 saturated carbocycles. The van der Waals surface area contributed by atoms with Crippen molar-refractivity contribution in [2.75, 3.05) is 18.8 Å². The van der Waals surface area contributed by atoms with Gasteiger partial charge >= 0.3 is 11.9 Å². The van der Waals surface area contributed by atoms with E-state index >= 15 is 0 Å². The Labute approximate surface area is 105 Å². The van der Waals surface area contributed by atoms with Gasteiger partial charge in [0.2, 0.25) is 0 Å². The van der Waals surface area contributed by atoms with Crippen molar-refractivity contribution in [2.45, 2.75) is 13.0 Å². The van der Waals surface area contributed by atoms with Crippen molar-refractivity contribution in [3.63, 3.8) is 0 Å². The molecule has 0 aromatic rings. The summed E-state index contributed by atoms with van der Waals surface area (Å²) < 4.78 is 27.3. The first-order valence-corrected chi connectivity index (χ1v) is 6.14. The van der Waals surface area contributed by atoms with Gasteiger partial charge in [-0.25, -0.2) is 0 Å². The molecule has 0 aliphatic rings. The summed E-state index contributed by atoms with van der Waals surface area (Å²) >= 11 is 0. The fourth-order valence-electron chi connectivity index (χ4n) is 0.149. The molecule has 9 N–H and O–H groups in total. The third kappa shape index (κ3) is 36.4. The second-order valence-corrected chi connectivity index (χ2v) is 4.37. The van der Waals surface area contributed by atoms with E-state index in [2.05, 4.69) is 5.73 Å². The molecule has 0 heterocycles. The van der Waals surface area contributed by atoms with E-state index in [0.717, 1.165) is 0 Å². The number of nitrogens with two attached hydrogens (primary N) is 3. The maximum Gasteiger partial charge on any atom is 0.320 e. The molecule has 110 valence electrons. The quantitative estimate of drug-likeness (QED) is 0.294. The van der Waals surface area contributed by atoms with E-state index in [1.54, 1.807) is 0 Å². The highest BCUT2D eigenvalue weighted by Gasteiger charge is 1.99. The van der Waals surface area contributed by atoms with Gasteiger partial charge in [-0.1, -0.05) is 0 Å². The molecule has 0 radical (unpaired) electrons. The summed E-state index contributed by atoms with van der Waals surface area (Å²) in [7, 11) is -3.80. The first-order valence-electron chi connectivity index (χ1n) is 4.53. The largest absolute Gasteiger partial charge is 0.480 e. The molecule has 0 aromatic carbocycles. The Hall–Kier alpha value is -1.27. The minimum atomic E-state index is -3.80. The Kier molecular flexibility index (Phi) is 14.9. The summed E-state index contributed by atoms with van der Waals surface area (Å²) in [5, 5.41) is 15.5. The summed E-state index contributed by atoms with van der Waals surface area (Å²) in [6.45, 7) is 1.11. The van der Waals surface area contributed by atoms with Crippen LogP contribution in [-0.4, -0.2) is 60.0 Å². The van der Waals surface area contributed by atoms with Gasteiger partial charge < -0.3 is 27.4 Å². The number of hydrogen-bond donors (Lipinski definition) is 6. The number of hydrogen-bond acceptors (Lipinski definition) is 7. The SMILES string of the molecule is C[C@H](N)C(=O)O.NCC(=O)O.NCCS(=O)(=O)O. The lowest BCUT2D eigenvalue weighted by Gasteiger charge is -1.90. The average molecular weight is 289 g/mol. The van der Waals surface area contributed by atoms with Crippen LogP contribution in [0.5, 0.6) is 0 Å². The fraction of sp³-hybridized carbons (Fsp3) is 0.714. The molecule has 18 heavy (non-hydrogen) atoms. The highest BCUT2D eigenvalue weighted by atomic mass is 32.2. The monoisotopic (exact) mass is 289 g/mol. The van der Waals surface area contributed by atoms with E-state index in [1.165, 1.54) is 6.92 Å². The van der Waals surface area contributed by atoms with Crippen LogP contribution in [0.1, 0.15) is 6.92 Å². The zero-order valence-corrected chi connectivity index (χ0v) is 10.6. The predicted molar refractivity (Wildman–Crippen MR) is 63.4 cm³/mol. The van der Waals surface area contributed by atoms with Crippen molar-refractivity contribution >= 4 is 22.1 Å². The molecule has 11 heteroatoms. The minimum absolute atomic E-state index is 0.0289. The van der Waals surface area contributed by atoms with Crippen molar-refractivity contribution in [3.05, 3.63) is 0 Å². The molecule has 0 aliphatic carbocycles. The lowest BCUT2D eigenvalue weighted by Crippen LogP contribution is -2.25. The van der Waals surface area contributed by atoms with Crippen molar-refractivity contribution in [1.82, 2.24) is 0 Å². The van der Waals surface area contributed by atoms with Gasteiger partial charge in [-0.15, -0.1) is 0 Å². The highest BCUT2D eigenvalue weighted by Crippen LogP contribution is 1.74. The van der Waals surface area contributed by atoms with E-state index < -0.39 is 28.1 Å². The van der Waals surface area contributed by atoms with Crippen LogP contribution in [0, 0.1) is 0 Å². The number of aliphatic carboxylic acids is 2. The molecular weight excluding hydrogens is 270 g/mol. The molecular formula is C7H19N3O7S. The van der Waals surface area contributed by atoms with Gasteiger partial charge in [-0.2, -0.15) is 8.42 Å². The molecule has 0 saturated heterocycles. The molecule has 0 spiro atoms. The van der Waals surface area contributed by atoms with E-state index in [-0.39, 0.29) is 18.8 Å². The lowest BCUT2D eigenvalue weighted by atomic mass is 10.4. The Morgan fingerprint density at radius 2 is 1.50 bits per heavy atom. The summed E-state index contributed by atoms with van der Waals surface area (Å²) in [5.41, 5.74) is 14.2.